The number of rotatable bonds is 3. The fourth-order valence-electron chi connectivity index (χ4n) is 2.59. The van der Waals surface area contributed by atoms with E-state index in [1.807, 2.05) is 0 Å². The van der Waals surface area contributed by atoms with Gasteiger partial charge in [0.05, 0.1) is 22.2 Å². The lowest BCUT2D eigenvalue weighted by Crippen LogP contribution is -2.15. The van der Waals surface area contributed by atoms with Gasteiger partial charge in [0, 0.05) is 16.3 Å². The molecule has 0 saturated heterocycles. The lowest BCUT2D eigenvalue weighted by atomic mass is 9.96. The molecule has 3 aromatic rings. The second-order valence-electron chi connectivity index (χ2n) is 4.68. The van der Waals surface area contributed by atoms with Gasteiger partial charge < -0.3 is 20.3 Å². The van der Waals surface area contributed by atoms with E-state index in [2.05, 4.69) is 4.98 Å². The van der Waals surface area contributed by atoms with Crippen molar-refractivity contribution in [3.8, 4) is 0 Å². The van der Waals surface area contributed by atoms with Crippen LogP contribution in [-0.2, 0) is 0 Å². The van der Waals surface area contributed by atoms with Crippen molar-refractivity contribution in [2.45, 2.75) is 0 Å². The molecule has 110 valence electrons. The van der Waals surface area contributed by atoms with Gasteiger partial charge in [0.1, 0.15) is 0 Å². The topological polar surface area (TPSA) is 128 Å². The number of aromatic carboxylic acids is 3. The minimum absolute atomic E-state index is 0.0936. The summed E-state index contributed by atoms with van der Waals surface area (Å²) in [5, 5.41) is 28.8. The summed E-state index contributed by atoms with van der Waals surface area (Å²) < 4.78 is 0. The predicted octanol–water partition coefficient (Wildman–Crippen LogP) is 2.42. The van der Waals surface area contributed by atoms with Crippen molar-refractivity contribution in [3.63, 3.8) is 0 Å². The van der Waals surface area contributed by atoms with Crippen molar-refractivity contribution in [2.24, 2.45) is 0 Å². The highest BCUT2D eigenvalue weighted by Crippen LogP contribution is 2.32. The number of benzene rings is 2. The molecule has 2 aromatic carbocycles. The Labute approximate surface area is 122 Å². The first-order chi connectivity index (χ1) is 10.4. The maximum Gasteiger partial charge on any atom is 0.338 e. The largest absolute Gasteiger partial charge is 0.478 e. The van der Waals surface area contributed by atoms with Gasteiger partial charge in [-0.3, -0.25) is 0 Å². The molecule has 3 rings (SSSR count). The molecule has 0 radical (unpaired) electrons. The molecular formula is C15H9NO6. The van der Waals surface area contributed by atoms with Crippen LogP contribution in [0.2, 0.25) is 0 Å². The molecule has 0 unspecified atom stereocenters. The van der Waals surface area contributed by atoms with Gasteiger partial charge in [-0.2, -0.15) is 0 Å². The van der Waals surface area contributed by atoms with Gasteiger partial charge in [0.15, 0.2) is 0 Å². The normalized spacial score (nSPS) is 10.9. The number of H-pyrrole nitrogens is 1. The molecule has 7 heteroatoms. The molecule has 0 fully saturated rings. The molecule has 0 amide bonds. The Kier molecular flexibility index (Phi) is 2.84. The summed E-state index contributed by atoms with van der Waals surface area (Å²) in [6.07, 6.45) is 0. The van der Waals surface area contributed by atoms with E-state index in [4.69, 9.17) is 0 Å². The van der Waals surface area contributed by atoms with Crippen molar-refractivity contribution < 1.29 is 29.7 Å². The van der Waals surface area contributed by atoms with E-state index in [0.717, 1.165) is 0 Å². The summed E-state index contributed by atoms with van der Waals surface area (Å²) in [5.41, 5.74) is -1.16. The maximum absolute atomic E-state index is 11.5. The average molecular weight is 299 g/mol. The van der Waals surface area contributed by atoms with E-state index in [9.17, 15) is 29.7 Å². The molecule has 7 nitrogen and oxygen atoms in total. The molecule has 1 heterocycles. The highest BCUT2D eigenvalue weighted by Gasteiger charge is 2.28. The Bertz CT molecular complexity index is 969. The van der Waals surface area contributed by atoms with Crippen LogP contribution in [0.25, 0.3) is 21.8 Å². The summed E-state index contributed by atoms with van der Waals surface area (Å²) in [4.78, 5) is 37.1. The van der Waals surface area contributed by atoms with E-state index in [1.165, 1.54) is 6.07 Å². The Hall–Kier alpha value is -3.35. The fraction of sp³-hybridized carbons (Fsp3) is 0. The van der Waals surface area contributed by atoms with Crippen LogP contribution in [0.1, 0.15) is 31.1 Å². The number of nitrogens with one attached hydrogen (secondary N) is 1. The molecule has 4 N–H and O–H groups in total. The summed E-state index contributed by atoms with van der Waals surface area (Å²) in [5.74, 6) is -4.60. The molecule has 0 aliphatic carbocycles. The number of para-hydroxylation sites is 1. The Balaban J connectivity index is 2.62. The van der Waals surface area contributed by atoms with Crippen LogP contribution in [0.15, 0.2) is 30.3 Å². The van der Waals surface area contributed by atoms with E-state index in [0.29, 0.717) is 16.3 Å². The first-order valence-electron chi connectivity index (χ1n) is 6.19. The quantitative estimate of drug-likeness (QED) is 0.588. The minimum Gasteiger partial charge on any atom is -0.478 e. The molecule has 0 aliphatic rings. The predicted molar refractivity (Wildman–Crippen MR) is 76.7 cm³/mol. The smallest absolute Gasteiger partial charge is 0.338 e. The molecule has 0 bridgehead atoms. The van der Waals surface area contributed by atoms with Crippen LogP contribution < -0.4 is 0 Å². The standard InChI is InChI=1S/C15H9NO6/c17-13(18)8-5-7-6-3-1-2-4-9(6)16-12(7)11(15(21)22)10(8)14(19)20/h1-5,16H,(H,17,18)(H,19,20)(H,21,22). The number of hydrogen-bond acceptors (Lipinski definition) is 3. The lowest BCUT2D eigenvalue weighted by molar-refractivity contribution is 0.0634. The van der Waals surface area contributed by atoms with Crippen LogP contribution >= 0.6 is 0 Å². The van der Waals surface area contributed by atoms with Crippen molar-refractivity contribution in [1.29, 1.82) is 0 Å². The van der Waals surface area contributed by atoms with Gasteiger partial charge in [0.2, 0.25) is 0 Å². The molecule has 0 spiro atoms. The second-order valence-corrected chi connectivity index (χ2v) is 4.68. The summed E-state index contributed by atoms with van der Waals surface area (Å²) >= 11 is 0. The zero-order chi connectivity index (χ0) is 16.0. The molecule has 0 aliphatic heterocycles. The third kappa shape index (κ3) is 1.80. The van der Waals surface area contributed by atoms with Crippen molar-refractivity contribution in [3.05, 3.63) is 47.0 Å². The summed E-state index contributed by atoms with van der Waals surface area (Å²) in [7, 11) is 0. The van der Waals surface area contributed by atoms with E-state index >= 15 is 0 Å². The van der Waals surface area contributed by atoms with Gasteiger partial charge in [-0.1, -0.05) is 18.2 Å². The van der Waals surface area contributed by atoms with E-state index < -0.39 is 34.6 Å². The zero-order valence-corrected chi connectivity index (χ0v) is 11.0. The number of carboxylic acids is 3. The first kappa shape index (κ1) is 13.6. The van der Waals surface area contributed by atoms with Crippen molar-refractivity contribution in [2.75, 3.05) is 0 Å². The van der Waals surface area contributed by atoms with Crippen LogP contribution in [0.3, 0.4) is 0 Å². The lowest BCUT2D eigenvalue weighted by Gasteiger charge is -2.07. The van der Waals surface area contributed by atoms with Crippen LogP contribution in [0.5, 0.6) is 0 Å². The van der Waals surface area contributed by atoms with Gasteiger partial charge in [-0.25, -0.2) is 14.4 Å². The Morgan fingerprint density at radius 2 is 1.45 bits per heavy atom. The SMILES string of the molecule is O=C(O)c1cc2c([nH]c3ccccc32)c(C(=O)O)c1C(=O)O. The zero-order valence-electron chi connectivity index (χ0n) is 11.0. The molecule has 0 atom stereocenters. The number of fused-ring (bicyclic) bond motifs is 3. The third-order valence-electron chi connectivity index (χ3n) is 3.46. The Morgan fingerprint density at radius 1 is 0.818 bits per heavy atom. The average Bonchev–Trinajstić information content (AvgIpc) is 2.82. The van der Waals surface area contributed by atoms with Gasteiger partial charge in [-0.05, 0) is 12.1 Å². The fourth-order valence-corrected chi connectivity index (χ4v) is 2.59. The van der Waals surface area contributed by atoms with Crippen molar-refractivity contribution in [1.82, 2.24) is 4.98 Å². The molecule has 22 heavy (non-hydrogen) atoms. The van der Waals surface area contributed by atoms with Crippen molar-refractivity contribution >= 4 is 39.7 Å². The number of aromatic amines is 1. The number of hydrogen-bond donors (Lipinski definition) is 4. The maximum atomic E-state index is 11.5. The number of aromatic nitrogens is 1. The monoisotopic (exact) mass is 299 g/mol. The van der Waals surface area contributed by atoms with Gasteiger partial charge >= 0.3 is 17.9 Å². The van der Waals surface area contributed by atoms with Crippen LogP contribution in [0, 0.1) is 0 Å². The molecule has 1 aromatic heterocycles. The Morgan fingerprint density at radius 3 is 2.05 bits per heavy atom. The summed E-state index contributed by atoms with van der Waals surface area (Å²) in [6.45, 7) is 0. The number of carboxylic acid groups (broad SMARTS) is 3. The van der Waals surface area contributed by atoms with Crippen LogP contribution in [-0.4, -0.2) is 38.2 Å². The molecular weight excluding hydrogens is 290 g/mol. The van der Waals surface area contributed by atoms with Gasteiger partial charge in [-0.15, -0.1) is 0 Å². The summed E-state index contributed by atoms with van der Waals surface area (Å²) in [6, 6.07) is 8.04. The third-order valence-corrected chi connectivity index (χ3v) is 3.46. The number of carbonyl (C=O) groups is 3. The highest BCUT2D eigenvalue weighted by atomic mass is 16.4. The second kappa shape index (κ2) is 4.59. The minimum atomic E-state index is -1.60. The highest BCUT2D eigenvalue weighted by molar-refractivity contribution is 6.21. The van der Waals surface area contributed by atoms with E-state index in [-0.39, 0.29) is 5.52 Å². The van der Waals surface area contributed by atoms with Gasteiger partial charge in [0.25, 0.3) is 0 Å². The van der Waals surface area contributed by atoms with E-state index in [1.54, 1.807) is 24.3 Å². The van der Waals surface area contributed by atoms with Crippen LogP contribution in [0.4, 0.5) is 0 Å². The first-order valence-corrected chi connectivity index (χ1v) is 6.19. The molecule has 0 saturated carbocycles.